The van der Waals surface area contributed by atoms with Gasteiger partial charge in [0.2, 0.25) is 5.91 Å². The Morgan fingerprint density at radius 2 is 1.82 bits per heavy atom. The molecule has 1 aromatic carbocycles. The predicted molar refractivity (Wildman–Crippen MR) is 185 cm³/mol. The number of ketones is 1. The molecule has 4 aromatic rings. The first-order valence-electron chi connectivity index (χ1n) is 13.8. The maximum absolute atomic E-state index is 14.0. The Morgan fingerprint density at radius 1 is 1.20 bits per heavy atom. The maximum atomic E-state index is 14.0. The molecule has 12 nitrogen and oxygen atoms in total. The number of fused-ring (bicyclic) bond motifs is 1. The number of hydrogen-bond donors (Lipinski definition) is 3. The van der Waals surface area contributed by atoms with Gasteiger partial charge in [0.15, 0.2) is 0 Å². The second-order valence-corrected chi connectivity index (χ2v) is 11.7. The number of aliphatic hydroxyl groups is 1. The zero-order valence-electron chi connectivity index (χ0n) is 26.1. The number of hydrogen-bond acceptors (Lipinski definition) is 10. The first-order chi connectivity index (χ1) is 21.2. The van der Waals surface area contributed by atoms with E-state index in [2.05, 4.69) is 25.3 Å². The summed E-state index contributed by atoms with van der Waals surface area (Å²) in [7, 11) is 4.99. The molecule has 0 bridgehead atoms. The van der Waals surface area contributed by atoms with Gasteiger partial charge < -0.3 is 15.2 Å². The summed E-state index contributed by atoms with van der Waals surface area (Å²) < 4.78 is 21.8. The maximum Gasteiger partial charge on any atom is 0.333 e. The molecule has 0 atom stereocenters. The molecule has 0 aliphatic carbocycles. The molecule has 0 saturated heterocycles. The van der Waals surface area contributed by atoms with Gasteiger partial charge in [-0.3, -0.25) is 19.0 Å². The number of nitrogens with zero attached hydrogens (tertiary/aromatic N) is 5. The van der Waals surface area contributed by atoms with Crippen molar-refractivity contribution in [2.75, 3.05) is 13.7 Å². The van der Waals surface area contributed by atoms with Crippen LogP contribution in [0, 0.1) is 12.7 Å². The fourth-order valence-corrected chi connectivity index (χ4v) is 5.65. The van der Waals surface area contributed by atoms with Crippen molar-refractivity contribution >= 4 is 64.2 Å². The van der Waals surface area contributed by atoms with Gasteiger partial charge in [-0.1, -0.05) is 11.3 Å². The highest BCUT2D eigenvalue weighted by Crippen LogP contribution is 2.31. The molecule has 2 N–H and O–H groups in total. The molecular weight excluding hydrogens is 738 g/mol. The quantitative estimate of drug-likeness (QED) is 0.162. The molecule has 0 spiro atoms. The van der Waals surface area contributed by atoms with Crippen LogP contribution in [0.2, 0.25) is 0 Å². The number of carbonyl (C=O) groups excluding carboxylic acids is 2. The van der Waals surface area contributed by atoms with E-state index in [9.17, 15) is 23.6 Å². The molecule has 0 aliphatic rings. The van der Waals surface area contributed by atoms with Crippen LogP contribution in [0.3, 0.4) is 0 Å². The van der Waals surface area contributed by atoms with Crippen molar-refractivity contribution in [1.29, 1.82) is 0 Å². The molecule has 16 heteroatoms. The number of amides is 1. The summed E-state index contributed by atoms with van der Waals surface area (Å²) in [5.41, 5.74) is -1.54. The zero-order chi connectivity index (χ0) is 34.1. The van der Waals surface area contributed by atoms with Gasteiger partial charge in [0.05, 0.1) is 24.9 Å². The topological polar surface area (TPSA) is 150 Å². The summed E-state index contributed by atoms with van der Waals surface area (Å²) in [6.07, 6.45) is 3.58. The minimum Gasteiger partial charge on any atom is -0.496 e. The molecule has 0 aliphatic heterocycles. The number of thiol groups is 1. The normalized spacial score (nSPS) is 11.0. The van der Waals surface area contributed by atoms with Crippen molar-refractivity contribution < 1.29 is 23.8 Å². The number of methoxy groups -OCH3 is 1. The van der Waals surface area contributed by atoms with E-state index in [-0.39, 0.29) is 31.4 Å². The number of nitrogens with one attached hydrogen (secondary N) is 1. The van der Waals surface area contributed by atoms with Crippen LogP contribution in [0.5, 0.6) is 5.75 Å². The number of aromatic nitrogens is 5. The SMILES string of the molecule is CC(=O)CCO.COc1ccc(F)cc1CCn1c(=O)n(C(C)(C)C(=O)NC(C)C)c(=O)c2c(C)c(-n3nccn3)sc21.SI. The Labute approximate surface area is 281 Å². The van der Waals surface area contributed by atoms with Crippen LogP contribution in [0.1, 0.15) is 52.2 Å². The molecule has 4 rings (SSSR count). The van der Waals surface area contributed by atoms with E-state index in [1.807, 2.05) is 21.2 Å². The molecule has 1 amide bonds. The third-order valence-electron chi connectivity index (χ3n) is 6.63. The van der Waals surface area contributed by atoms with E-state index in [0.717, 1.165) is 4.57 Å². The highest BCUT2D eigenvalue weighted by Gasteiger charge is 2.35. The van der Waals surface area contributed by atoms with E-state index in [4.69, 9.17) is 9.84 Å². The second-order valence-electron chi connectivity index (χ2n) is 10.7. The van der Waals surface area contributed by atoms with Crippen molar-refractivity contribution in [3.05, 3.63) is 68.4 Å². The molecule has 0 saturated carbocycles. The molecule has 0 unspecified atom stereocenters. The van der Waals surface area contributed by atoms with Crippen LogP contribution in [0.4, 0.5) is 4.39 Å². The molecule has 0 fully saturated rings. The van der Waals surface area contributed by atoms with Gasteiger partial charge in [0, 0.05) is 31.2 Å². The van der Waals surface area contributed by atoms with Crippen LogP contribution in [-0.2, 0) is 28.1 Å². The summed E-state index contributed by atoms with van der Waals surface area (Å²) in [4.78, 5) is 52.5. The van der Waals surface area contributed by atoms with Crippen LogP contribution in [0.25, 0.3) is 15.2 Å². The van der Waals surface area contributed by atoms with Crippen molar-refractivity contribution in [2.24, 2.45) is 0 Å². The van der Waals surface area contributed by atoms with Crippen molar-refractivity contribution in [3.63, 3.8) is 0 Å². The lowest BCUT2D eigenvalue weighted by Gasteiger charge is -2.27. The minimum absolute atomic E-state index is 0.0185. The van der Waals surface area contributed by atoms with Gasteiger partial charge in [-0.25, -0.2) is 13.8 Å². The average molecular weight is 777 g/mol. The van der Waals surface area contributed by atoms with Gasteiger partial charge >= 0.3 is 5.69 Å². The van der Waals surface area contributed by atoms with Crippen LogP contribution in [0.15, 0.2) is 40.2 Å². The summed E-state index contributed by atoms with van der Waals surface area (Å²) in [5.74, 6) is -0.359. The van der Waals surface area contributed by atoms with Crippen LogP contribution < -0.4 is 21.3 Å². The molecule has 45 heavy (non-hydrogen) atoms. The molecule has 246 valence electrons. The number of ether oxygens (including phenoxy) is 1. The second kappa shape index (κ2) is 17.0. The lowest BCUT2D eigenvalue weighted by Crippen LogP contribution is -2.56. The highest BCUT2D eigenvalue weighted by atomic mass is 127. The Bertz CT molecular complexity index is 1730. The fourth-order valence-electron chi connectivity index (χ4n) is 4.41. The van der Waals surface area contributed by atoms with E-state index >= 15 is 0 Å². The predicted octanol–water partition coefficient (Wildman–Crippen LogP) is 3.99. The van der Waals surface area contributed by atoms with Gasteiger partial charge in [-0.15, -0.1) is 14.6 Å². The van der Waals surface area contributed by atoms with Crippen molar-refractivity contribution in [2.45, 2.75) is 72.5 Å². The van der Waals surface area contributed by atoms with E-state index in [1.165, 1.54) is 79.2 Å². The largest absolute Gasteiger partial charge is 0.496 e. The van der Waals surface area contributed by atoms with Crippen LogP contribution >= 0.6 is 42.3 Å². The van der Waals surface area contributed by atoms with Crippen molar-refractivity contribution in [3.8, 4) is 10.8 Å². The standard InChI is InChI=1S/C25H29FN6O4S.C4H8O2.HIS/c1-14(2)29-23(34)25(4,5)31-20(33)19-15(3)21(32-27-10-11-28-32)37-22(19)30(24(31)35)12-9-16-13-17(26)7-8-18(16)36-6;1-4(6)2-3-5;1-2/h7-8,10-11,13-14H,9,12H2,1-6H3,(H,29,34);5H,2-3H2,1H3;2H. The number of benzene rings is 1. The third kappa shape index (κ3) is 9.01. The molecule has 0 radical (unpaired) electrons. The summed E-state index contributed by atoms with van der Waals surface area (Å²) in [6.45, 7) is 9.99. The van der Waals surface area contributed by atoms with Crippen LogP contribution in [-0.4, -0.2) is 60.7 Å². The summed E-state index contributed by atoms with van der Waals surface area (Å²) in [6, 6.07) is 4.00. The summed E-state index contributed by atoms with van der Waals surface area (Å²) >= 11 is 3.05. The number of Topliss-reactive ketones (excluding diaryl/α,β-unsaturated/α-hetero) is 1. The number of aliphatic hydroxyl groups excluding tert-OH is 1. The Balaban J connectivity index is 0.000000790. The fraction of sp³-hybridized carbons (Fsp3) is 0.448. The monoisotopic (exact) mass is 776 g/mol. The van der Waals surface area contributed by atoms with E-state index in [1.54, 1.807) is 20.8 Å². The Morgan fingerprint density at radius 3 is 2.33 bits per heavy atom. The number of rotatable bonds is 10. The zero-order valence-corrected chi connectivity index (χ0v) is 30.0. The first-order valence-corrected chi connectivity index (χ1v) is 17.9. The van der Waals surface area contributed by atoms with E-state index in [0.29, 0.717) is 38.5 Å². The smallest absolute Gasteiger partial charge is 0.333 e. The lowest BCUT2D eigenvalue weighted by molar-refractivity contribution is -0.129. The van der Waals surface area contributed by atoms with Gasteiger partial charge in [-0.05, 0) is 92.9 Å². The molecule has 3 heterocycles. The minimum atomic E-state index is -1.48. The van der Waals surface area contributed by atoms with Gasteiger partial charge in [-0.2, -0.15) is 10.2 Å². The average Bonchev–Trinajstić information content (AvgIpc) is 3.62. The third-order valence-corrected chi connectivity index (χ3v) is 7.91. The number of carbonyl (C=O) groups is 2. The highest BCUT2D eigenvalue weighted by molar-refractivity contribution is 14.2. The van der Waals surface area contributed by atoms with Gasteiger partial charge in [0.25, 0.3) is 5.56 Å². The molecule has 3 aromatic heterocycles. The lowest BCUT2D eigenvalue weighted by atomic mass is 10.0. The number of thiophene rings is 1. The Kier molecular flexibility index (Phi) is 14.4. The van der Waals surface area contributed by atoms with Gasteiger partial charge in [0.1, 0.15) is 32.7 Å². The first kappa shape index (κ1) is 38.1. The van der Waals surface area contributed by atoms with Crippen molar-refractivity contribution in [1.82, 2.24) is 29.4 Å². The number of aryl methyl sites for hydroxylation is 3. The number of halogens is 2. The summed E-state index contributed by atoms with van der Waals surface area (Å²) in [5, 5.41) is 20.1. The van der Waals surface area contributed by atoms with E-state index < -0.39 is 28.5 Å². The Hall–Kier alpha value is -3.09. The molecular formula is C29H38FIN6O6S2.